The first-order chi connectivity index (χ1) is 14.0. The summed E-state index contributed by atoms with van der Waals surface area (Å²) in [5.41, 5.74) is 4.27. The average Bonchev–Trinajstić information content (AvgIpc) is 2.72. The fourth-order valence-electron chi connectivity index (χ4n) is 3.61. The molecule has 1 saturated heterocycles. The van der Waals surface area contributed by atoms with E-state index in [0.29, 0.717) is 5.69 Å². The number of nitrogens with one attached hydrogen (secondary N) is 2. The molecule has 6 heteroatoms. The van der Waals surface area contributed by atoms with Gasteiger partial charge in [-0.15, -0.1) is 0 Å². The molecule has 0 saturated carbocycles. The van der Waals surface area contributed by atoms with Gasteiger partial charge in [-0.25, -0.2) is 9.18 Å². The number of anilines is 1. The number of urea groups is 1. The van der Waals surface area contributed by atoms with Gasteiger partial charge in [-0.2, -0.15) is 0 Å². The van der Waals surface area contributed by atoms with E-state index in [-0.39, 0.29) is 17.9 Å². The lowest BCUT2D eigenvalue weighted by molar-refractivity contribution is 0.234. The molecule has 5 nitrogen and oxygen atoms in total. The van der Waals surface area contributed by atoms with Crippen LogP contribution in [-0.2, 0) is 0 Å². The summed E-state index contributed by atoms with van der Waals surface area (Å²) in [4.78, 5) is 18.5. The van der Waals surface area contributed by atoms with Crippen LogP contribution in [0.5, 0.6) is 0 Å². The Morgan fingerprint density at radius 1 is 1.21 bits per heavy atom. The fourth-order valence-corrected chi connectivity index (χ4v) is 3.61. The van der Waals surface area contributed by atoms with E-state index < -0.39 is 0 Å². The van der Waals surface area contributed by atoms with Crippen LogP contribution in [0.1, 0.15) is 30.9 Å². The Morgan fingerprint density at radius 2 is 1.90 bits per heavy atom. The van der Waals surface area contributed by atoms with Crippen molar-refractivity contribution in [1.82, 2.24) is 10.2 Å². The molecule has 2 aromatic carbocycles. The molecule has 152 valence electrons. The molecular formula is C23H27FN4O. The zero-order valence-corrected chi connectivity index (χ0v) is 16.9. The van der Waals surface area contributed by atoms with E-state index in [4.69, 9.17) is 0 Å². The zero-order chi connectivity index (χ0) is 20.8. The minimum Gasteiger partial charge on any atom is -0.371 e. The van der Waals surface area contributed by atoms with Crippen LogP contribution in [-0.4, -0.2) is 36.8 Å². The largest absolute Gasteiger partial charge is 0.371 e. The van der Waals surface area contributed by atoms with Crippen molar-refractivity contribution < 1.29 is 9.18 Å². The number of aliphatic imine (C=N–C) groups is 1. The smallest absolute Gasteiger partial charge is 0.319 e. The number of amides is 2. The maximum Gasteiger partial charge on any atom is 0.319 e. The van der Waals surface area contributed by atoms with Crippen molar-refractivity contribution in [2.24, 2.45) is 4.99 Å². The van der Waals surface area contributed by atoms with E-state index in [9.17, 15) is 9.18 Å². The lowest BCUT2D eigenvalue weighted by atomic mass is 10.0. The summed E-state index contributed by atoms with van der Waals surface area (Å²) < 4.78 is 13.8. The van der Waals surface area contributed by atoms with Crippen LogP contribution in [0.2, 0.25) is 0 Å². The summed E-state index contributed by atoms with van der Waals surface area (Å²) in [6, 6.07) is 12.1. The van der Waals surface area contributed by atoms with Crippen molar-refractivity contribution in [3.63, 3.8) is 0 Å². The topological polar surface area (TPSA) is 56.7 Å². The van der Waals surface area contributed by atoms with Gasteiger partial charge in [0.15, 0.2) is 0 Å². The molecule has 0 bridgehead atoms. The summed E-state index contributed by atoms with van der Waals surface area (Å²) in [5, 5.41) is 5.92. The molecular weight excluding hydrogens is 367 g/mol. The van der Waals surface area contributed by atoms with Gasteiger partial charge >= 0.3 is 6.03 Å². The standard InChI is InChI=1S/C23H27FN4O/c1-4-22(20-15-17(24)7-10-21(20)25-3)28-13-11-19(12-14-28)27-23(29)26-18-8-5-16(2)6-9-18/h4-10,15,19H,3,11-14H2,1-2H3,(H2,26,27,29)/b22-4+. The third-order valence-electron chi connectivity index (χ3n) is 5.16. The fraction of sp³-hybridized carbons (Fsp3) is 0.304. The van der Waals surface area contributed by atoms with E-state index in [0.717, 1.165) is 48.4 Å². The third-order valence-corrected chi connectivity index (χ3v) is 5.16. The van der Waals surface area contributed by atoms with Crippen LogP contribution in [0.15, 0.2) is 53.5 Å². The van der Waals surface area contributed by atoms with Gasteiger partial charge in [-0.3, -0.25) is 4.99 Å². The lowest BCUT2D eigenvalue weighted by Gasteiger charge is -2.35. The number of carbonyl (C=O) groups is 1. The minimum absolute atomic E-state index is 0.0966. The van der Waals surface area contributed by atoms with Gasteiger partial charge in [0.05, 0.1) is 5.69 Å². The van der Waals surface area contributed by atoms with Gasteiger partial charge in [-0.05, 0) is 63.7 Å². The molecule has 1 heterocycles. The van der Waals surface area contributed by atoms with Gasteiger partial charge in [0.25, 0.3) is 0 Å². The van der Waals surface area contributed by atoms with Crippen LogP contribution in [0.4, 0.5) is 20.6 Å². The molecule has 2 amide bonds. The molecule has 0 aromatic heterocycles. The second kappa shape index (κ2) is 9.37. The van der Waals surface area contributed by atoms with Crippen molar-refractivity contribution in [3.05, 3.63) is 65.5 Å². The first-order valence-electron chi connectivity index (χ1n) is 9.82. The molecule has 0 spiro atoms. The first-order valence-corrected chi connectivity index (χ1v) is 9.82. The van der Waals surface area contributed by atoms with Crippen LogP contribution >= 0.6 is 0 Å². The Morgan fingerprint density at radius 3 is 2.52 bits per heavy atom. The number of piperidine rings is 1. The van der Waals surface area contributed by atoms with Crippen molar-refractivity contribution in [1.29, 1.82) is 0 Å². The summed E-state index contributed by atoms with van der Waals surface area (Å²) in [6.07, 6.45) is 3.59. The lowest BCUT2D eigenvalue weighted by Crippen LogP contribution is -2.45. The summed E-state index contributed by atoms with van der Waals surface area (Å²) in [7, 11) is 0. The predicted molar refractivity (Wildman–Crippen MR) is 117 cm³/mol. The molecule has 1 aliphatic rings. The van der Waals surface area contributed by atoms with Gasteiger partial charge in [0.1, 0.15) is 5.82 Å². The molecule has 1 fully saturated rings. The number of hydrogen-bond acceptors (Lipinski definition) is 3. The quantitative estimate of drug-likeness (QED) is 0.692. The van der Waals surface area contributed by atoms with Gasteiger partial charge in [0, 0.05) is 36.1 Å². The maximum absolute atomic E-state index is 13.8. The molecule has 0 unspecified atom stereocenters. The van der Waals surface area contributed by atoms with Gasteiger partial charge in [0.2, 0.25) is 0 Å². The van der Waals surface area contributed by atoms with Crippen LogP contribution in [0, 0.1) is 12.7 Å². The van der Waals surface area contributed by atoms with Crippen molar-refractivity contribution in [3.8, 4) is 0 Å². The van der Waals surface area contributed by atoms with Gasteiger partial charge in [-0.1, -0.05) is 23.8 Å². The average molecular weight is 394 g/mol. The summed E-state index contributed by atoms with van der Waals surface area (Å²) in [6.45, 7) is 9.07. The second-order valence-electron chi connectivity index (χ2n) is 7.22. The Bertz CT molecular complexity index is 900. The van der Waals surface area contributed by atoms with E-state index >= 15 is 0 Å². The number of hydrogen-bond donors (Lipinski definition) is 2. The number of halogens is 1. The molecule has 0 radical (unpaired) electrons. The third kappa shape index (κ3) is 5.22. The Hall–Kier alpha value is -3.15. The van der Waals surface area contributed by atoms with E-state index in [2.05, 4.69) is 27.2 Å². The molecule has 1 aliphatic heterocycles. The summed E-state index contributed by atoms with van der Waals surface area (Å²) >= 11 is 0. The van der Waals surface area contributed by atoms with Crippen LogP contribution < -0.4 is 10.6 Å². The van der Waals surface area contributed by atoms with E-state index in [1.165, 1.54) is 12.1 Å². The van der Waals surface area contributed by atoms with E-state index in [1.807, 2.05) is 44.2 Å². The zero-order valence-electron chi connectivity index (χ0n) is 16.9. The van der Waals surface area contributed by atoms with E-state index in [1.54, 1.807) is 6.07 Å². The number of carbonyl (C=O) groups excluding carboxylic acids is 1. The highest BCUT2D eigenvalue weighted by Crippen LogP contribution is 2.31. The first kappa shape index (κ1) is 20.6. The highest BCUT2D eigenvalue weighted by Gasteiger charge is 2.23. The SMILES string of the molecule is C=Nc1ccc(F)cc1/C(=C\C)N1CCC(NC(=O)Nc2ccc(C)cc2)CC1. The number of benzene rings is 2. The van der Waals surface area contributed by atoms with Gasteiger partial charge < -0.3 is 15.5 Å². The normalized spacial score (nSPS) is 15.1. The van der Waals surface area contributed by atoms with Crippen LogP contribution in [0.3, 0.4) is 0 Å². The van der Waals surface area contributed by atoms with Crippen molar-refractivity contribution in [2.75, 3.05) is 18.4 Å². The molecule has 29 heavy (non-hydrogen) atoms. The van der Waals surface area contributed by atoms with Crippen molar-refractivity contribution >= 4 is 29.8 Å². The Kier molecular flexibility index (Phi) is 6.65. The Balaban J connectivity index is 1.58. The molecule has 3 rings (SSSR count). The predicted octanol–water partition coefficient (Wildman–Crippen LogP) is 5.11. The monoisotopic (exact) mass is 394 g/mol. The molecule has 0 aliphatic carbocycles. The number of aryl methyl sites for hydroxylation is 1. The van der Waals surface area contributed by atoms with Crippen molar-refractivity contribution in [2.45, 2.75) is 32.7 Å². The number of nitrogens with zero attached hydrogens (tertiary/aromatic N) is 2. The second-order valence-corrected chi connectivity index (χ2v) is 7.22. The number of likely N-dealkylation sites (tertiary alicyclic amines) is 1. The molecule has 2 N–H and O–H groups in total. The highest BCUT2D eigenvalue weighted by molar-refractivity contribution is 5.89. The number of allylic oxidation sites excluding steroid dienone is 1. The maximum atomic E-state index is 13.8. The molecule has 0 atom stereocenters. The summed E-state index contributed by atoms with van der Waals surface area (Å²) in [5.74, 6) is -0.295. The minimum atomic E-state index is -0.295. The molecule has 2 aromatic rings. The number of rotatable bonds is 5. The Labute approximate surface area is 171 Å². The highest BCUT2D eigenvalue weighted by atomic mass is 19.1. The van der Waals surface area contributed by atoms with Crippen LogP contribution in [0.25, 0.3) is 5.70 Å².